The van der Waals surface area contributed by atoms with E-state index in [1.54, 1.807) is 12.1 Å². The van der Waals surface area contributed by atoms with Gasteiger partial charge in [-0.15, -0.1) is 0 Å². The number of hydrogen-bond acceptors (Lipinski definition) is 5. The fraction of sp³-hybridized carbons (Fsp3) is 0.111. The summed E-state index contributed by atoms with van der Waals surface area (Å²) in [5.74, 6) is 0.984. The molecule has 5 aromatic rings. The normalized spacial score (nSPS) is 12.2. The van der Waals surface area contributed by atoms with Gasteiger partial charge >= 0.3 is 0 Å². The van der Waals surface area contributed by atoms with Gasteiger partial charge in [-0.3, -0.25) is 9.59 Å². The molecule has 6 rings (SSSR count). The van der Waals surface area contributed by atoms with Gasteiger partial charge < -0.3 is 10.1 Å². The van der Waals surface area contributed by atoms with Crippen LogP contribution < -0.4 is 10.1 Å². The number of nitrogens with one attached hydrogen (secondary N) is 1. The van der Waals surface area contributed by atoms with E-state index in [0.717, 1.165) is 26.8 Å². The molecule has 0 atom stereocenters. The molecule has 0 radical (unpaired) electrons. The van der Waals surface area contributed by atoms with Crippen molar-refractivity contribution in [1.82, 2.24) is 0 Å². The third-order valence-electron chi connectivity index (χ3n) is 7.19. The maximum Gasteiger partial charge on any atom is 0.196 e. The Balaban J connectivity index is 1.20. The number of hydrogen-bond donors (Lipinski definition) is 1. The average molecular weight is 556 g/mol. The second-order valence-corrected chi connectivity index (χ2v) is 11.4. The van der Waals surface area contributed by atoms with E-state index in [2.05, 4.69) is 43.4 Å². The van der Waals surface area contributed by atoms with E-state index in [9.17, 15) is 9.59 Å². The molecule has 0 saturated heterocycles. The zero-order chi connectivity index (χ0) is 28.3. The maximum absolute atomic E-state index is 13.8. The Bertz CT molecular complexity index is 1730. The number of fused-ring (bicyclic) bond motifs is 2. The van der Waals surface area contributed by atoms with Crippen LogP contribution >= 0.6 is 11.8 Å². The minimum absolute atomic E-state index is 0.141. The Hall–Kier alpha value is -4.61. The zero-order valence-corrected chi connectivity index (χ0v) is 23.7. The van der Waals surface area contributed by atoms with Gasteiger partial charge in [0.25, 0.3) is 0 Å². The first kappa shape index (κ1) is 26.6. The molecule has 0 amide bonds. The van der Waals surface area contributed by atoms with E-state index < -0.39 is 0 Å². The molecule has 1 aliphatic carbocycles. The smallest absolute Gasteiger partial charge is 0.196 e. The van der Waals surface area contributed by atoms with E-state index in [0.29, 0.717) is 40.5 Å². The Morgan fingerprint density at radius 1 is 0.683 bits per heavy atom. The Morgan fingerprint density at radius 3 is 2.05 bits per heavy atom. The highest BCUT2D eigenvalue weighted by Gasteiger charge is 2.33. The van der Waals surface area contributed by atoms with Crippen LogP contribution in [0.25, 0.3) is 0 Å². The van der Waals surface area contributed by atoms with Crippen LogP contribution in [0.5, 0.6) is 5.75 Å². The molecule has 5 aromatic carbocycles. The predicted molar refractivity (Wildman–Crippen MR) is 165 cm³/mol. The third kappa shape index (κ3) is 5.54. The quantitative estimate of drug-likeness (QED) is 0.203. The van der Waals surface area contributed by atoms with Crippen molar-refractivity contribution < 1.29 is 14.3 Å². The molecule has 1 aliphatic rings. The predicted octanol–water partition coefficient (Wildman–Crippen LogP) is 9.06. The molecule has 0 aliphatic heterocycles. The lowest BCUT2D eigenvalue weighted by Gasteiger charge is -2.22. The molecular formula is C36H29NO3S. The van der Waals surface area contributed by atoms with Crippen LogP contribution in [0.1, 0.15) is 62.7 Å². The van der Waals surface area contributed by atoms with Gasteiger partial charge in [-0.25, -0.2) is 0 Å². The van der Waals surface area contributed by atoms with Crippen LogP contribution in [0, 0.1) is 0 Å². The standard InChI is InChI=1S/C36H29NO3S/c1-23(2)25-16-14-24(15-17-25)22-40-27-18-20-28(21-19-27)41-32-13-7-11-30-34(32)36(39)29-10-6-12-31(33(29)35(30)38)37-26-8-4-3-5-9-26/h3-21,23,37H,22H2,1-2H3. The van der Waals surface area contributed by atoms with Crippen molar-refractivity contribution in [1.29, 1.82) is 0 Å². The van der Waals surface area contributed by atoms with E-state index >= 15 is 0 Å². The van der Waals surface area contributed by atoms with Crippen LogP contribution in [0.4, 0.5) is 11.4 Å². The highest BCUT2D eigenvalue weighted by Crippen LogP contribution is 2.39. The van der Waals surface area contributed by atoms with Crippen LogP contribution in [0.15, 0.2) is 125 Å². The monoisotopic (exact) mass is 555 g/mol. The van der Waals surface area contributed by atoms with Gasteiger partial charge in [-0.2, -0.15) is 0 Å². The summed E-state index contributed by atoms with van der Waals surface area (Å²) in [5.41, 5.74) is 5.63. The topological polar surface area (TPSA) is 55.4 Å². The van der Waals surface area contributed by atoms with E-state index in [4.69, 9.17) is 4.74 Å². The Kier molecular flexibility index (Phi) is 7.45. The Labute approximate surface area is 244 Å². The number of rotatable bonds is 8. The van der Waals surface area contributed by atoms with Crippen molar-refractivity contribution in [2.75, 3.05) is 5.32 Å². The number of ether oxygens (including phenoxy) is 1. The molecule has 0 heterocycles. The van der Waals surface area contributed by atoms with Gasteiger partial charge in [0, 0.05) is 32.2 Å². The van der Waals surface area contributed by atoms with Crippen molar-refractivity contribution in [2.24, 2.45) is 0 Å². The number of ketones is 2. The summed E-state index contributed by atoms with van der Waals surface area (Å²) in [5, 5.41) is 3.31. The Morgan fingerprint density at radius 2 is 1.34 bits per heavy atom. The SMILES string of the molecule is CC(C)c1ccc(COc2ccc(Sc3cccc4c3C(=O)c3cccc(Nc5ccccc5)c3C4=O)cc2)cc1. The first-order chi connectivity index (χ1) is 20.0. The molecule has 41 heavy (non-hydrogen) atoms. The number of benzene rings is 5. The fourth-order valence-electron chi connectivity index (χ4n) is 4.97. The largest absolute Gasteiger partial charge is 0.489 e. The summed E-state index contributed by atoms with van der Waals surface area (Å²) < 4.78 is 6.00. The summed E-state index contributed by atoms with van der Waals surface area (Å²) >= 11 is 1.47. The number of anilines is 2. The highest BCUT2D eigenvalue weighted by molar-refractivity contribution is 7.99. The molecule has 202 valence electrons. The van der Waals surface area contributed by atoms with Gasteiger partial charge in [0.2, 0.25) is 0 Å². The van der Waals surface area contributed by atoms with Crippen LogP contribution in [0.3, 0.4) is 0 Å². The summed E-state index contributed by atoms with van der Waals surface area (Å²) in [4.78, 5) is 29.2. The number of para-hydroxylation sites is 1. The molecule has 5 heteroatoms. The molecule has 0 unspecified atom stereocenters. The first-order valence-corrected chi connectivity index (χ1v) is 14.5. The molecule has 0 aromatic heterocycles. The van der Waals surface area contributed by atoms with Crippen molar-refractivity contribution in [2.45, 2.75) is 36.2 Å². The first-order valence-electron chi connectivity index (χ1n) is 13.6. The minimum atomic E-state index is -0.152. The van der Waals surface area contributed by atoms with Crippen LogP contribution in [-0.4, -0.2) is 11.6 Å². The van der Waals surface area contributed by atoms with Gasteiger partial charge in [-0.05, 0) is 65.6 Å². The molecule has 1 N–H and O–H groups in total. The van der Waals surface area contributed by atoms with Crippen molar-refractivity contribution in [3.63, 3.8) is 0 Å². The molecule has 4 nitrogen and oxygen atoms in total. The second-order valence-electron chi connectivity index (χ2n) is 10.3. The highest BCUT2D eigenvalue weighted by atomic mass is 32.2. The second kappa shape index (κ2) is 11.5. The van der Waals surface area contributed by atoms with Crippen molar-refractivity contribution in [3.8, 4) is 5.75 Å². The molecule has 0 fully saturated rings. The van der Waals surface area contributed by atoms with Crippen LogP contribution in [0.2, 0.25) is 0 Å². The van der Waals surface area contributed by atoms with E-state index in [1.165, 1.54) is 17.3 Å². The van der Waals surface area contributed by atoms with E-state index in [-0.39, 0.29) is 11.6 Å². The van der Waals surface area contributed by atoms with Gasteiger partial charge in [0.15, 0.2) is 11.6 Å². The van der Waals surface area contributed by atoms with Gasteiger partial charge in [0.1, 0.15) is 12.4 Å². The molecule has 0 spiro atoms. The summed E-state index contributed by atoms with van der Waals surface area (Å²) in [6, 6.07) is 36.8. The zero-order valence-electron chi connectivity index (χ0n) is 22.9. The van der Waals surface area contributed by atoms with Crippen molar-refractivity contribution in [3.05, 3.63) is 149 Å². The fourth-order valence-corrected chi connectivity index (χ4v) is 5.95. The number of carbonyl (C=O) groups is 2. The average Bonchev–Trinajstić information content (AvgIpc) is 3.00. The van der Waals surface area contributed by atoms with E-state index in [1.807, 2.05) is 78.9 Å². The van der Waals surface area contributed by atoms with Gasteiger partial charge in [0.05, 0.1) is 11.3 Å². The summed E-state index contributed by atoms with van der Waals surface area (Å²) in [6.45, 7) is 4.86. The summed E-state index contributed by atoms with van der Waals surface area (Å²) in [7, 11) is 0. The minimum Gasteiger partial charge on any atom is -0.489 e. The lowest BCUT2D eigenvalue weighted by molar-refractivity contribution is 0.0977. The third-order valence-corrected chi connectivity index (χ3v) is 8.26. The number of carbonyl (C=O) groups excluding carboxylic acids is 2. The lowest BCUT2D eigenvalue weighted by Crippen LogP contribution is -2.23. The van der Waals surface area contributed by atoms with Crippen LogP contribution in [-0.2, 0) is 6.61 Å². The molecule has 0 saturated carbocycles. The lowest BCUT2D eigenvalue weighted by atomic mass is 9.83. The van der Waals surface area contributed by atoms with Crippen molar-refractivity contribution >= 4 is 34.7 Å². The summed E-state index contributed by atoms with van der Waals surface area (Å²) in [6.07, 6.45) is 0. The molecule has 0 bridgehead atoms. The van der Waals surface area contributed by atoms with Gasteiger partial charge in [-0.1, -0.05) is 92.3 Å². The molecular weight excluding hydrogens is 526 g/mol. The maximum atomic E-state index is 13.8.